The molecule has 0 saturated carbocycles. The second-order valence-corrected chi connectivity index (χ2v) is 6.17. The Hall–Kier alpha value is -3.47. The van der Waals surface area contributed by atoms with Gasteiger partial charge in [-0.25, -0.2) is 0 Å². The van der Waals surface area contributed by atoms with Gasteiger partial charge in [0, 0.05) is 12.1 Å². The molecule has 1 aliphatic heterocycles. The fourth-order valence-corrected chi connectivity index (χ4v) is 2.80. The van der Waals surface area contributed by atoms with E-state index in [-0.39, 0.29) is 12.7 Å². The first-order valence-corrected chi connectivity index (χ1v) is 8.71. The second-order valence-electron chi connectivity index (χ2n) is 6.17. The lowest BCUT2D eigenvalue weighted by molar-refractivity contribution is 0.0950. The molecule has 0 fully saturated rings. The number of fused-ring (bicyclic) bond motifs is 1. The highest BCUT2D eigenvalue weighted by atomic mass is 16.7. The fraction of sp³-hybridized carbons (Fsp3) is 0.136. The number of rotatable bonds is 6. The fourth-order valence-electron chi connectivity index (χ4n) is 2.80. The van der Waals surface area contributed by atoms with Crippen molar-refractivity contribution in [2.24, 2.45) is 0 Å². The van der Waals surface area contributed by atoms with Crippen LogP contribution in [0.3, 0.4) is 0 Å². The van der Waals surface area contributed by atoms with Gasteiger partial charge >= 0.3 is 0 Å². The third-order valence-corrected chi connectivity index (χ3v) is 4.23. The molecule has 0 aromatic heterocycles. The van der Waals surface area contributed by atoms with Gasteiger partial charge in [-0.2, -0.15) is 0 Å². The Morgan fingerprint density at radius 1 is 0.889 bits per heavy atom. The van der Waals surface area contributed by atoms with Crippen molar-refractivity contribution < 1.29 is 19.0 Å². The molecule has 5 heteroatoms. The number of hydrogen-bond acceptors (Lipinski definition) is 4. The first kappa shape index (κ1) is 17.0. The maximum atomic E-state index is 12.4. The first-order chi connectivity index (χ1) is 13.3. The summed E-state index contributed by atoms with van der Waals surface area (Å²) in [6.07, 6.45) is 0. The van der Waals surface area contributed by atoms with Gasteiger partial charge in [0.25, 0.3) is 5.91 Å². The molecule has 0 atom stereocenters. The Kier molecular flexibility index (Phi) is 4.92. The number of carbonyl (C=O) groups is 1. The van der Waals surface area contributed by atoms with Crippen molar-refractivity contribution in [3.05, 3.63) is 89.5 Å². The summed E-state index contributed by atoms with van der Waals surface area (Å²) in [6, 6.07) is 22.7. The molecular formula is C22H19NO4. The van der Waals surface area contributed by atoms with E-state index in [0.717, 1.165) is 22.6 Å². The molecule has 5 nitrogen and oxygen atoms in total. The molecular weight excluding hydrogens is 342 g/mol. The maximum Gasteiger partial charge on any atom is 0.251 e. The van der Waals surface area contributed by atoms with E-state index in [1.807, 2.05) is 60.7 Å². The van der Waals surface area contributed by atoms with Crippen LogP contribution >= 0.6 is 0 Å². The van der Waals surface area contributed by atoms with Crippen LogP contribution in [0.15, 0.2) is 72.8 Å². The number of ether oxygens (including phenoxy) is 3. The first-order valence-electron chi connectivity index (χ1n) is 8.71. The summed E-state index contributed by atoms with van der Waals surface area (Å²) in [4.78, 5) is 12.4. The van der Waals surface area contributed by atoms with Gasteiger partial charge in [0.1, 0.15) is 12.4 Å². The van der Waals surface area contributed by atoms with Crippen molar-refractivity contribution in [3.8, 4) is 17.2 Å². The van der Waals surface area contributed by atoms with E-state index in [2.05, 4.69) is 5.32 Å². The van der Waals surface area contributed by atoms with E-state index in [1.54, 1.807) is 12.1 Å². The smallest absolute Gasteiger partial charge is 0.251 e. The average molecular weight is 361 g/mol. The molecule has 1 heterocycles. The SMILES string of the molecule is O=C(NCc1ccccc1)c1cccc(OCc2ccc3c(c2)OCO3)c1. The van der Waals surface area contributed by atoms with Crippen LogP contribution in [-0.4, -0.2) is 12.7 Å². The lowest BCUT2D eigenvalue weighted by Crippen LogP contribution is -2.22. The van der Waals surface area contributed by atoms with Crippen molar-refractivity contribution in [1.82, 2.24) is 5.32 Å². The summed E-state index contributed by atoms with van der Waals surface area (Å²) in [7, 11) is 0. The van der Waals surface area contributed by atoms with Crippen molar-refractivity contribution >= 4 is 5.91 Å². The quantitative estimate of drug-likeness (QED) is 0.723. The lowest BCUT2D eigenvalue weighted by Gasteiger charge is -2.09. The van der Waals surface area contributed by atoms with Crippen LogP contribution in [0.2, 0.25) is 0 Å². The summed E-state index contributed by atoms with van der Waals surface area (Å²) in [5, 5.41) is 2.92. The van der Waals surface area contributed by atoms with E-state index in [4.69, 9.17) is 14.2 Å². The summed E-state index contributed by atoms with van der Waals surface area (Å²) < 4.78 is 16.5. The molecule has 3 aromatic rings. The molecule has 0 spiro atoms. The molecule has 0 aliphatic carbocycles. The molecule has 0 unspecified atom stereocenters. The summed E-state index contributed by atoms with van der Waals surface area (Å²) in [6.45, 7) is 1.12. The Bertz CT molecular complexity index is 940. The van der Waals surface area contributed by atoms with Crippen molar-refractivity contribution in [1.29, 1.82) is 0 Å². The normalized spacial score (nSPS) is 11.9. The van der Waals surface area contributed by atoms with Crippen molar-refractivity contribution in [3.63, 3.8) is 0 Å². The van der Waals surface area contributed by atoms with E-state index in [9.17, 15) is 4.79 Å². The van der Waals surface area contributed by atoms with Gasteiger partial charge in [-0.1, -0.05) is 42.5 Å². The van der Waals surface area contributed by atoms with Crippen LogP contribution in [0.25, 0.3) is 0 Å². The van der Waals surface area contributed by atoms with E-state index in [1.165, 1.54) is 0 Å². The minimum absolute atomic E-state index is 0.132. The van der Waals surface area contributed by atoms with Gasteiger partial charge in [-0.3, -0.25) is 4.79 Å². The van der Waals surface area contributed by atoms with Crippen LogP contribution in [0, 0.1) is 0 Å². The predicted molar refractivity (Wildman–Crippen MR) is 101 cm³/mol. The third kappa shape index (κ3) is 4.20. The highest BCUT2D eigenvalue weighted by Crippen LogP contribution is 2.32. The number of nitrogens with one attached hydrogen (secondary N) is 1. The molecule has 3 aromatic carbocycles. The van der Waals surface area contributed by atoms with Crippen LogP contribution in [0.5, 0.6) is 17.2 Å². The number of carbonyl (C=O) groups excluding carboxylic acids is 1. The largest absolute Gasteiger partial charge is 0.489 e. The predicted octanol–water partition coefficient (Wildman–Crippen LogP) is 3.92. The number of amides is 1. The van der Waals surface area contributed by atoms with Gasteiger partial charge < -0.3 is 19.5 Å². The Balaban J connectivity index is 1.36. The highest BCUT2D eigenvalue weighted by molar-refractivity contribution is 5.94. The topological polar surface area (TPSA) is 56.8 Å². The van der Waals surface area contributed by atoms with Crippen molar-refractivity contribution in [2.45, 2.75) is 13.2 Å². The average Bonchev–Trinajstić information content (AvgIpc) is 3.19. The van der Waals surface area contributed by atoms with Gasteiger partial charge in [0.05, 0.1) is 0 Å². The summed E-state index contributed by atoms with van der Waals surface area (Å²) in [5.74, 6) is 1.98. The molecule has 136 valence electrons. The second kappa shape index (κ2) is 7.83. The van der Waals surface area contributed by atoms with Gasteiger partial charge in [0.2, 0.25) is 6.79 Å². The molecule has 0 radical (unpaired) electrons. The van der Waals surface area contributed by atoms with Gasteiger partial charge in [-0.05, 0) is 41.5 Å². The summed E-state index contributed by atoms with van der Waals surface area (Å²) >= 11 is 0. The molecule has 4 rings (SSSR count). The zero-order chi connectivity index (χ0) is 18.5. The molecule has 1 amide bonds. The van der Waals surface area contributed by atoms with Crippen LogP contribution in [-0.2, 0) is 13.2 Å². The third-order valence-electron chi connectivity index (χ3n) is 4.23. The molecule has 1 N–H and O–H groups in total. The Labute approximate surface area is 157 Å². The molecule has 1 aliphatic rings. The van der Waals surface area contributed by atoms with E-state index >= 15 is 0 Å². The van der Waals surface area contributed by atoms with Crippen LogP contribution < -0.4 is 19.5 Å². The molecule has 0 saturated heterocycles. The maximum absolute atomic E-state index is 12.4. The zero-order valence-electron chi connectivity index (χ0n) is 14.7. The number of benzene rings is 3. The minimum atomic E-state index is -0.132. The highest BCUT2D eigenvalue weighted by Gasteiger charge is 2.13. The standard InChI is InChI=1S/C22H19NO4/c24-22(23-13-16-5-2-1-3-6-16)18-7-4-8-19(12-18)25-14-17-9-10-20-21(11-17)27-15-26-20/h1-12H,13-15H2,(H,23,24). The zero-order valence-corrected chi connectivity index (χ0v) is 14.7. The Morgan fingerprint density at radius 3 is 2.63 bits per heavy atom. The monoisotopic (exact) mass is 361 g/mol. The summed E-state index contributed by atoms with van der Waals surface area (Å²) in [5.41, 5.74) is 2.59. The van der Waals surface area contributed by atoms with Crippen LogP contribution in [0.4, 0.5) is 0 Å². The van der Waals surface area contributed by atoms with E-state index in [0.29, 0.717) is 24.5 Å². The molecule has 0 bridgehead atoms. The van der Waals surface area contributed by atoms with Gasteiger partial charge in [0.15, 0.2) is 11.5 Å². The lowest BCUT2D eigenvalue weighted by atomic mass is 10.2. The van der Waals surface area contributed by atoms with Crippen molar-refractivity contribution in [2.75, 3.05) is 6.79 Å². The van der Waals surface area contributed by atoms with E-state index < -0.39 is 0 Å². The Morgan fingerprint density at radius 2 is 1.74 bits per heavy atom. The molecule has 27 heavy (non-hydrogen) atoms. The van der Waals surface area contributed by atoms with Crippen LogP contribution in [0.1, 0.15) is 21.5 Å². The minimum Gasteiger partial charge on any atom is -0.489 e. The number of hydrogen-bond donors (Lipinski definition) is 1. The van der Waals surface area contributed by atoms with Gasteiger partial charge in [-0.15, -0.1) is 0 Å².